The van der Waals surface area contributed by atoms with E-state index in [0.717, 1.165) is 0 Å². The topological polar surface area (TPSA) is 40.9 Å². The number of rotatable bonds is 1. The molecule has 13 heavy (non-hydrogen) atoms. The lowest BCUT2D eigenvalue weighted by Gasteiger charge is -2.02. The van der Waals surface area contributed by atoms with Crippen LogP contribution in [0, 0.1) is 11.3 Å². The molecule has 0 saturated carbocycles. The minimum Gasteiger partial charge on any atom is -0.294 e. The molecule has 66 valence electrons. The van der Waals surface area contributed by atoms with Crippen molar-refractivity contribution >= 4 is 33.3 Å². The minimum absolute atomic E-state index is 0.145. The fraction of sp³-hybridized carbons (Fsp3) is 0.111. The Labute approximate surface area is 89.3 Å². The zero-order chi connectivity index (χ0) is 10.0. The van der Waals surface area contributed by atoms with Crippen LogP contribution >= 0.6 is 27.5 Å². The van der Waals surface area contributed by atoms with Crippen LogP contribution in [0.3, 0.4) is 0 Å². The average Bonchev–Trinajstić information content (AvgIpc) is 2.09. The Hall–Kier alpha value is -0.850. The molecule has 0 aliphatic rings. The Morgan fingerprint density at radius 3 is 2.69 bits per heavy atom. The first kappa shape index (κ1) is 10.2. The maximum atomic E-state index is 11.1. The highest BCUT2D eigenvalue weighted by Crippen LogP contribution is 2.28. The van der Waals surface area contributed by atoms with Gasteiger partial charge in [-0.1, -0.05) is 11.6 Å². The molecule has 0 spiro atoms. The summed E-state index contributed by atoms with van der Waals surface area (Å²) in [5.41, 5.74) is 0.679. The highest BCUT2D eigenvalue weighted by molar-refractivity contribution is 9.10. The van der Waals surface area contributed by atoms with E-state index in [9.17, 15) is 4.79 Å². The zero-order valence-corrected chi connectivity index (χ0v) is 9.11. The van der Waals surface area contributed by atoms with Crippen molar-refractivity contribution < 1.29 is 4.79 Å². The largest absolute Gasteiger partial charge is 0.294 e. The molecule has 1 rings (SSSR count). The normalized spacial score (nSPS) is 9.38. The van der Waals surface area contributed by atoms with Gasteiger partial charge in [0.15, 0.2) is 5.78 Å². The standard InChI is InChI=1S/C9H5BrClNO/c1-5(13)6-2-3-8(11)9(10)7(6)4-12/h2-3H,1H3. The van der Waals surface area contributed by atoms with Gasteiger partial charge in [-0.05, 0) is 35.0 Å². The first-order valence-corrected chi connectivity index (χ1v) is 4.64. The van der Waals surface area contributed by atoms with Gasteiger partial charge in [-0.25, -0.2) is 0 Å². The SMILES string of the molecule is CC(=O)c1ccc(Cl)c(Br)c1C#N. The van der Waals surface area contributed by atoms with Gasteiger partial charge in [0.05, 0.1) is 15.1 Å². The Morgan fingerprint density at radius 1 is 1.62 bits per heavy atom. The van der Waals surface area contributed by atoms with Gasteiger partial charge >= 0.3 is 0 Å². The second-order valence-electron chi connectivity index (χ2n) is 2.45. The molecule has 0 radical (unpaired) electrons. The number of halogens is 2. The Kier molecular flexibility index (Phi) is 3.07. The van der Waals surface area contributed by atoms with E-state index in [-0.39, 0.29) is 5.78 Å². The van der Waals surface area contributed by atoms with Crippen LogP contribution < -0.4 is 0 Å². The second-order valence-corrected chi connectivity index (χ2v) is 3.65. The smallest absolute Gasteiger partial charge is 0.161 e. The molecule has 0 saturated heterocycles. The Balaban J connectivity index is 3.50. The van der Waals surface area contributed by atoms with Crippen LogP contribution in [-0.4, -0.2) is 5.78 Å². The monoisotopic (exact) mass is 257 g/mol. The van der Waals surface area contributed by atoms with Crippen LogP contribution in [-0.2, 0) is 0 Å². The molecule has 0 unspecified atom stereocenters. The van der Waals surface area contributed by atoms with Crippen LogP contribution in [0.2, 0.25) is 5.02 Å². The van der Waals surface area contributed by atoms with E-state index in [1.807, 2.05) is 6.07 Å². The number of nitriles is 1. The van der Waals surface area contributed by atoms with E-state index in [1.54, 1.807) is 12.1 Å². The maximum absolute atomic E-state index is 11.1. The summed E-state index contributed by atoms with van der Waals surface area (Å²) in [5.74, 6) is -0.145. The summed E-state index contributed by atoms with van der Waals surface area (Å²) in [7, 11) is 0. The molecule has 1 aromatic carbocycles. The van der Waals surface area contributed by atoms with Gasteiger partial charge < -0.3 is 0 Å². The summed E-state index contributed by atoms with van der Waals surface area (Å²) < 4.78 is 0.476. The molecule has 0 amide bonds. The number of hydrogen-bond acceptors (Lipinski definition) is 2. The lowest BCUT2D eigenvalue weighted by Crippen LogP contribution is -1.97. The van der Waals surface area contributed by atoms with E-state index in [0.29, 0.717) is 20.6 Å². The molecular weight excluding hydrogens is 253 g/mol. The molecule has 0 N–H and O–H groups in total. The predicted octanol–water partition coefficient (Wildman–Crippen LogP) is 3.18. The van der Waals surface area contributed by atoms with E-state index in [2.05, 4.69) is 15.9 Å². The highest BCUT2D eigenvalue weighted by Gasteiger charge is 2.12. The van der Waals surface area contributed by atoms with E-state index in [4.69, 9.17) is 16.9 Å². The Morgan fingerprint density at radius 2 is 2.23 bits per heavy atom. The van der Waals surface area contributed by atoms with Gasteiger partial charge in [-0.15, -0.1) is 0 Å². The molecule has 0 bridgehead atoms. The van der Waals surface area contributed by atoms with Crippen molar-refractivity contribution in [3.05, 3.63) is 32.8 Å². The summed E-state index contributed by atoms with van der Waals surface area (Å²) in [6.45, 7) is 1.41. The number of ketones is 1. The molecule has 0 fully saturated rings. The molecule has 2 nitrogen and oxygen atoms in total. The summed E-state index contributed by atoms with van der Waals surface area (Å²) in [5, 5.41) is 9.21. The van der Waals surface area contributed by atoms with Crippen molar-refractivity contribution in [2.75, 3.05) is 0 Å². The number of nitrogens with zero attached hydrogens (tertiary/aromatic N) is 1. The van der Waals surface area contributed by atoms with Gasteiger partial charge in [-0.2, -0.15) is 5.26 Å². The van der Waals surface area contributed by atoms with Crippen molar-refractivity contribution in [1.82, 2.24) is 0 Å². The van der Waals surface area contributed by atoms with E-state index >= 15 is 0 Å². The molecular formula is C9H5BrClNO. The number of carbonyl (C=O) groups excluding carboxylic acids is 1. The number of carbonyl (C=O) groups is 1. The highest BCUT2D eigenvalue weighted by atomic mass is 79.9. The Bertz CT molecular complexity index is 409. The number of hydrogen-bond donors (Lipinski definition) is 0. The van der Waals surface area contributed by atoms with Crippen molar-refractivity contribution in [1.29, 1.82) is 5.26 Å². The maximum Gasteiger partial charge on any atom is 0.161 e. The van der Waals surface area contributed by atoms with Crippen molar-refractivity contribution in [3.8, 4) is 6.07 Å². The summed E-state index contributed by atoms with van der Waals surface area (Å²) in [6.07, 6.45) is 0. The first-order chi connectivity index (χ1) is 6.07. The van der Waals surface area contributed by atoms with E-state index in [1.165, 1.54) is 6.92 Å². The summed E-state index contributed by atoms with van der Waals surface area (Å²) >= 11 is 8.91. The van der Waals surface area contributed by atoms with Gasteiger partial charge in [0, 0.05) is 5.56 Å². The predicted molar refractivity (Wildman–Crippen MR) is 53.9 cm³/mol. The second kappa shape index (κ2) is 3.91. The first-order valence-electron chi connectivity index (χ1n) is 3.47. The molecule has 0 aromatic heterocycles. The van der Waals surface area contributed by atoms with Gasteiger partial charge in [0.1, 0.15) is 6.07 Å². The molecule has 0 atom stereocenters. The van der Waals surface area contributed by atoms with Crippen molar-refractivity contribution in [2.24, 2.45) is 0 Å². The lowest BCUT2D eigenvalue weighted by atomic mass is 10.1. The minimum atomic E-state index is -0.145. The zero-order valence-electron chi connectivity index (χ0n) is 6.77. The fourth-order valence-corrected chi connectivity index (χ4v) is 1.55. The quantitative estimate of drug-likeness (QED) is 0.726. The van der Waals surface area contributed by atoms with E-state index < -0.39 is 0 Å². The van der Waals surface area contributed by atoms with Crippen molar-refractivity contribution in [3.63, 3.8) is 0 Å². The summed E-state index contributed by atoms with van der Waals surface area (Å²) in [6, 6.07) is 5.07. The van der Waals surface area contributed by atoms with Crippen molar-refractivity contribution in [2.45, 2.75) is 6.92 Å². The van der Waals surface area contributed by atoms with Gasteiger partial charge in [-0.3, -0.25) is 4.79 Å². The molecule has 0 aliphatic heterocycles. The third-order valence-electron chi connectivity index (χ3n) is 1.59. The molecule has 0 aliphatic carbocycles. The van der Waals surface area contributed by atoms with Gasteiger partial charge in [0.25, 0.3) is 0 Å². The third-order valence-corrected chi connectivity index (χ3v) is 2.95. The third kappa shape index (κ3) is 1.90. The summed E-state index contributed by atoms with van der Waals surface area (Å²) in [4.78, 5) is 11.1. The number of benzene rings is 1. The van der Waals surface area contributed by atoms with Crippen LogP contribution in [0.4, 0.5) is 0 Å². The number of Topliss-reactive ketones (excluding diaryl/α,β-unsaturated/α-hetero) is 1. The van der Waals surface area contributed by atoms with Crippen LogP contribution in [0.5, 0.6) is 0 Å². The van der Waals surface area contributed by atoms with Crippen LogP contribution in [0.15, 0.2) is 16.6 Å². The average molecular weight is 259 g/mol. The van der Waals surface area contributed by atoms with Crippen LogP contribution in [0.25, 0.3) is 0 Å². The lowest BCUT2D eigenvalue weighted by molar-refractivity contribution is 0.101. The molecule has 1 aromatic rings. The molecule has 0 heterocycles. The van der Waals surface area contributed by atoms with Crippen LogP contribution in [0.1, 0.15) is 22.8 Å². The fourth-order valence-electron chi connectivity index (χ4n) is 0.953. The molecule has 4 heteroatoms. The van der Waals surface area contributed by atoms with Gasteiger partial charge in [0.2, 0.25) is 0 Å².